The van der Waals surface area contributed by atoms with Gasteiger partial charge in [-0.3, -0.25) is 19.5 Å². The summed E-state index contributed by atoms with van der Waals surface area (Å²) >= 11 is 0. The van der Waals surface area contributed by atoms with Crippen molar-refractivity contribution in [1.29, 1.82) is 0 Å². The van der Waals surface area contributed by atoms with Gasteiger partial charge in [0, 0.05) is 23.9 Å². The Morgan fingerprint density at radius 1 is 1.24 bits per heavy atom. The summed E-state index contributed by atoms with van der Waals surface area (Å²) < 4.78 is 6.00. The first kappa shape index (κ1) is 26.2. The highest BCUT2D eigenvalue weighted by Crippen LogP contribution is 2.52. The van der Waals surface area contributed by atoms with E-state index in [1.54, 1.807) is 17.3 Å². The third kappa shape index (κ3) is 4.53. The van der Waals surface area contributed by atoms with E-state index in [1.807, 2.05) is 64.1 Å². The average molecular weight is 520 g/mol. The maximum Gasteiger partial charge on any atom is 0.232 e. The molecule has 0 spiro atoms. The van der Waals surface area contributed by atoms with Crippen LogP contribution in [0.4, 0.5) is 0 Å². The number of amides is 2. The van der Waals surface area contributed by atoms with Crippen LogP contribution in [0.15, 0.2) is 53.8 Å². The van der Waals surface area contributed by atoms with Crippen molar-refractivity contribution in [2.45, 2.75) is 82.7 Å². The van der Waals surface area contributed by atoms with Gasteiger partial charge in [0.05, 0.1) is 24.0 Å². The third-order valence-electron chi connectivity index (χ3n) is 8.50. The number of nitrogens with two attached hydrogens (primary N) is 1. The van der Waals surface area contributed by atoms with E-state index >= 15 is 0 Å². The number of ether oxygens (including phenoxy) is 1. The Labute approximate surface area is 223 Å². The fourth-order valence-corrected chi connectivity index (χ4v) is 5.95. The number of fused-ring (bicyclic) bond motifs is 1. The van der Waals surface area contributed by atoms with E-state index in [-0.39, 0.29) is 36.0 Å². The molecule has 2 aromatic rings. The number of nitrogens with zero attached hydrogens (tertiary/aromatic N) is 3. The number of nitrogens with one attached hydrogen (secondary N) is 1. The summed E-state index contributed by atoms with van der Waals surface area (Å²) in [7, 11) is 0. The lowest BCUT2D eigenvalue weighted by atomic mass is 9.86. The Kier molecular flexibility index (Phi) is 6.67. The van der Waals surface area contributed by atoms with Gasteiger partial charge in [-0.25, -0.2) is 4.99 Å². The van der Waals surface area contributed by atoms with Gasteiger partial charge in [-0.15, -0.1) is 0 Å². The topological polar surface area (TPSA) is 130 Å². The van der Waals surface area contributed by atoms with Crippen molar-refractivity contribution in [3.63, 3.8) is 0 Å². The molecule has 1 aromatic carbocycles. The summed E-state index contributed by atoms with van der Waals surface area (Å²) in [5.74, 6) is 0.0730. The number of carbonyl (C=O) groups excluding carboxylic acids is 2. The number of para-hydroxylation sites is 1. The Morgan fingerprint density at radius 2 is 1.97 bits per heavy atom. The molecule has 0 bridgehead atoms. The molecule has 1 aromatic heterocycles. The first-order valence-corrected chi connectivity index (χ1v) is 13.4. The summed E-state index contributed by atoms with van der Waals surface area (Å²) in [5, 5.41) is 14.2. The third-order valence-corrected chi connectivity index (χ3v) is 8.50. The number of aliphatic hydroxyl groups is 1. The summed E-state index contributed by atoms with van der Waals surface area (Å²) in [6.45, 7) is 7.66. The molecule has 2 amide bonds. The number of hydrogen-bond acceptors (Lipinski definition) is 7. The lowest BCUT2D eigenvalue weighted by Gasteiger charge is -2.42. The first-order chi connectivity index (χ1) is 18.1. The van der Waals surface area contributed by atoms with Crippen LogP contribution in [0.1, 0.15) is 76.6 Å². The van der Waals surface area contributed by atoms with Crippen LogP contribution >= 0.6 is 0 Å². The van der Waals surface area contributed by atoms with Crippen LogP contribution in [0.2, 0.25) is 0 Å². The Hall–Kier alpha value is -3.46. The van der Waals surface area contributed by atoms with Crippen molar-refractivity contribution in [3.05, 3.63) is 59.9 Å². The molecule has 9 nitrogen and oxygen atoms in total. The molecule has 202 valence electrons. The van der Waals surface area contributed by atoms with Crippen molar-refractivity contribution in [2.75, 3.05) is 0 Å². The molecule has 5 rings (SSSR count). The predicted octanol–water partition coefficient (Wildman–Crippen LogP) is 3.25. The van der Waals surface area contributed by atoms with Crippen molar-refractivity contribution in [2.24, 2.45) is 22.6 Å². The van der Waals surface area contributed by atoms with E-state index in [0.29, 0.717) is 12.2 Å². The van der Waals surface area contributed by atoms with Gasteiger partial charge in [-0.1, -0.05) is 38.1 Å². The van der Waals surface area contributed by atoms with Crippen LogP contribution in [0.5, 0.6) is 5.75 Å². The van der Waals surface area contributed by atoms with E-state index in [9.17, 15) is 14.7 Å². The lowest BCUT2D eigenvalue weighted by Crippen LogP contribution is -2.54. The molecule has 4 N–H and O–H groups in total. The number of carbonyl (C=O) groups is 2. The molecule has 5 atom stereocenters. The van der Waals surface area contributed by atoms with Gasteiger partial charge in [-0.05, 0) is 56.7 Å². The Balaban J connectivity index is 1.42. The molecular formula is C29H37N5O4. The monoisotopic (exact) mass is 519 g/mol. The van der Waals surface area contributed by atoms with Crippen LogP contribution in [0.25, 0.3) is 0 Å². The molecule has 1 aliphatic carbocycles. The summed E-state index contributed by atoms with van der Waals surface area (Å²) in [4.78, 5) is 37.7. The van der Waals surface area contributed by atoms with Gasteiger partial charge in [0.25, 0.3) is 0 Å². The van der Waals surface area contributed by atoms with Gasteiger partial charge >= 0.3 is 0 Å². The number of aliphatic hydroxyl groups excluding tert-OH is 1. The number of aromatic nitrogens is 1. The van der Waals surface area contributed by atoms with Crippen LogP contribution in [-0.2, 0) is 9.59 Å². The van der Waals surface area contributed by atoms with E-state index in [4.69, 9.17) is 15.5 Å². The molecule has 1 fully saturated rings. The lowest BCUT2D eigenvalue weighted by molar-refractivity contribution is -0.133. The van der Waals surface area contributed by atoms with Gasteiger partial charge in [0.1, 0.15) is 17.5 Å². The molecule has 0 radical (unpaired) electrons. The van der Waals surface area contributed by atoms with Crippen LogP contribution in [0.3, 0.4) is 0 Å². The standard InChI is InChI=1S/C29H37N5O4/c1-5-29(6-2)15-22(35)34(27(30)33-29)24(17-10-9-13-31-16-17)19-14-20(19)26(37)32-23-18-11-7-8-12-21(18)38-28(3,4)25(23)36/h7-13,16,19-20,23-25,36H,5-6,14-15H2,1-4H3,(H2,30,33)(H,32,37)/t19-,20-,23-,24+,25-/m0/s1. The second-order valence-corrected chi connectivity index (χ2v) is 11.3. The summed E-state index contributed by atoms with van der Waals surface area (Å²) in [6.07, 6.45) is 4.78. The highest BCUT2D eigenvalue weighted by atomic mass is 16.5. The average Bonchev–Trinajstić information content (AvgIpc) is 3.69. The highest BCUT2D eigenvalue weighted by molar-refractivity contribution is 5.99. The Bertz CT molecular complexity index is 1240. The number of aliphatic imine (C=N–C) groups is 1. The highest BCUT2D eigenvalue weighted by Gasteiger charge is 2.54. The fourth-order valence-electron chi connectivity index (χ4n) is 5.95. The molecule has 0 unspecified atom stereocenters. The van der Waals surface area contributed by atoms with Crippen LogP contribution < -0.4 is 15.8 Å². The summed E-state index contributed by atoms with van der Waals surface area (Å²) in [5.41, 5.74) is 6.66. The minimum absolute atomic E-state index is 0.0864. The molecule has 3 aliphatic rings. The minimum Gasteiger partial charge on any atom is -0.485 e. The SMILES string of the molecule is CCC1(CC)CC(=O)N([C@H](c2cccnc2)[C@H]2C[C@@H]2C(=O)N[C@H]2c3ccccc3OC(C)(C)[C@H]2O)C(N)=N1. The maximum atomic E-state index is 13.6. The largest absolute Gasteiger partial charge is 0.485 e. The van der Waals surface area contributed by atoms with E-state index in [2.05, 4.69) is 10.3 Å². The number of rotatable bonds is 7. The predicted molar refractivity (Wildman–Crippen MR) is 143 cm³/mol. The van der Waals surface area contributed by atoms with Gasteiger partial charge in [0.15, 0.2) is 5.96 Å². The Morgan fingerprint density at radius 3 is 2.63 bits per heavy atom. The van der Waals surface area contributed by atoms with Crippen molar-refractivity contribution >= 4 is 17.8 Å². The maximum absolute atomic E-state index is 13.6. The molecule has 1 saturated carbocycles. The molecule has 9 heteroatoms. The minimum atomic E-state index is -0.935. The van der Waals surface area contributed by atoms with Crippen molar-refractivity contribution in [1.82, 2.24) is 15.2 Å². The van der Waals surface area contributed by atoms with Crippen LogP contribution in [0, 0.1) is 11.8 Å². The fraction of sp³-hybridized carbons (Fsp3) is 0.517. The van der Waals surface area contributed by atoms with Crippen molar-refractivity contribution < 1.29 is 19.4 Å². The number of hydrogen-bond donors (Lipinski definition) is 3. The van der Waals surface area contributed by atoms with E-state index in [0.717, 1.165) is 24.0 Å². The van der Waals surface area contributed by atoms with Gasteiger partial charge in [-0.2, -0.15) is 0 Å². The van der Waals surface area contributed by atoms with E-state index in [1.165, 1.54) is 0 Å². The molecular weight excluding hydrogens is 482 g/mol. The van der Waals surface area contributed by atoms with Gasteiger partial charge < -0.3 is 20.9 Å². The molecule has 2 aliphatic heterocycles. The first-order valence-electron chi connectivity index (χ1n) is 13.4. The molecule has 3 heterocycles. The van der Waals surface area contributed by atoms with E-state index < -0.39 is 29.3 Å². The summed E-state index contributed by atoms with van der Waals surface area (Å²) in [6, 6.07) is 10.1. The number of pyridine rings is 1. The normalized spacial score (nSPS) is 28.0. The zero-order valence-corrected chi connectivity index (χ0v) is 22.4. The quantitative estimate of drug-likeness (QED) is 0.515. The van der Waals surface area contributed by atoms with Crippen LogP contribution in [-0.4, -0.2) is 50.0 Å². The number of benzene rings is 1. The van der Waals surface area contributed by atoms with Crippen molar-refractivity contribution in [3.8, 4) is 5.75 Å². The zero-order valence-electron chi connectivity index (χ0n) is 22.4. The zero-order chi connectivity index (χ0) is 27.2. The number of guanidine groups is 1. The smallest absolute Gasteiger partial charge is 0.232 e. The molecule has 38 heavy (non-hydrogen) atoms. The molecule has 0 saturated heterocycles. The second kappa shape index (κ2) is 9.69. The second-order valence-electron chi connectivity index (χ2n) is 11.3. The van der Waals surface area contributed by atoms with Gasteiger partial charge in [0.2, 0.25) is 11.8 Å².